The molecule has 2 aliphatic rings. The molecule has 0 bridgehead atoms. The van der Waals surface area contributed by atoms with Crippen LogP contribution in [-0.4, -0.2) is 57.3 Å². The standard InChI is InChI=1S/C28H33N5O2/c1-17(29)15-32-9-8-19-12-25-23(14-22(19)28(32)34)30-27(31(25)2)26-13-20-6-4-5-7-24(20)33(26)16-18-10-21(11-18)35-3/h4-7,12-14,17-18,21H,8-11,15-16,29H2,1-3H3/t17-,18?,21?/m1/s1. The van der Waals surface area contributed by atoms with Crippen molar-refractivity contribution in [2.75, 3.05) is 20.2 Å². The number of hydrogen-bond donors (Lipinski definition) is 1. The normalized spacial score (nSPS) is 20.9. The van der Waals surface area contributed by atoms with E-state index in [9.17, 15) is 4.79 Å². The zero-order valence-corrected chi connectivity index (χ0v) is 20.7. The third kappa shape index (κ3) is 3.74. The van der Waals surface area contributed by atoms with Gasteiger partial charge in [-0.1, -0.05) is 18.2 Å². The molecule has 6 rings (SSSR count). The zero-order valence-electron chi connectivity index (χ0n) is 20.7. The van der Waals surface area contributed by atoms with Crippen molar-refractivity contribution in [3.05, 3.63) is 53.6 Å². The van der Waals surface area contributed by atoms with Crippen molar-refractivity contribution in [2.24, 2.45) is 18.7 Å². The summed E-state index contributed by atoms with van der Waals surface area (Å²) in [6, 6.07) is 14.9. The van der Waals surface area contributed by atoms with Gasteiger partial charge in [-0.15, -0.1) is 0 Å². The number of amides is 1. The fourth-order valence-electron chi connectivity index (χ4n) is 5.83. The van der Waals surface area contributed by atoms with Crippen LogP contribution in [0.3, 0.4) is 0 Å². The molecule has 1 aliphatic heterocycles. The van der Waals surface area contributed by atoms with Crippen molar-refractivity contribution in [3.63, 3.8) is 0 Å². The largest absolute Gasteiger partial charge is 0.381 e. The predicted octanol–water partition coefficient (Wildman–Crippen LogP) is 3.97. The summed E-state index contributed by atoms with van der Waals surface area (Å²) in [6.45, 7) is 4.18. The van der Waals surface area contributed by atoms with Crippen molar-refractivity contribution in [1.29, 1.82) is 0 Å². The number of imidazole rings is 1. The van der Waals surface area contributed by atoms with E-state index in [1.807, 2.05) is 17.9 Å². The number of aryl methyl sites for hydroxylation is 1. The first-order valence-corrected chi connectivity index (χ1v) is 12.6. The number of carbonyl (C=O) groups is 1. The van der Waals surface area contributed by atoms with Crippen LogP contribution in [0, 0.1) is 5.92 Å². The summed E-state index contributed by atoms with van der Waals surface area (Å²) in [5, 5.41) is 1.22. The highest BCUT2D eigenvalue weighted by Crippen LogP contribution is 2.36. The summed E-state index contributed by atoms with van der Waals surface area (Å²) in [7, 11) is 3.88. The van der Waals surface area contributed by atoms with Crippen LogP contribution in [0.1, 0.15) is 35.7 Å². The van der Waals surface area contributed by atoms with E-state index in [4.69, 9.17) is 15.5 Å². The van der Waals surface area contributed by atoms with E-state index >= 15 is 0 Å². The summed E-state index contributed by atoms with van der Waals surface area (Å²) >= 11 is 0. The number of ether oxygens (including phenoxy) is 1. The van der Waals surface area contributed by atoms with Gasteiger partial charge in [-0.05, 0) is 61.9 Å². The second-order valence-corrected chi connectivity index (χ2v) is 10.4. The van der Waals surface area contributed by atoms with Gasteiger partial charge in [0.2, 0.25) is 0 Å². The van der Waals surface area contributed by atoms with Crippen LogP contribution in [0.4, 0.5) is 0 Å². The Morgan fingerprint density at radius 1 is 1.17 bits per heavy atom. The van der Waals surface area contributed by atoms with Crippen molar-refractivity contribution in [1.82, 2.24) is 19.0 Å². The maximum Gasteiger partial charge on any atom is 0.254 e. The molecule has 3 heterocycles. The van der Waals surface area contributed by atoms with Gasteiger partial charge in [-0.2, -0.15) is 0 Å². The molecule has 0 spiro atoms. The molecule has 1 atom stereocenters. The number of hydrogen-bond acceptors (Lipinski definition) is 4. The summed E-state index contributed by atoms with van der Waals surface area (Å²) in [6.07, 6.45) is 3.41. The summed E-state index contributed by atoms with van der Waals surface area (Å²) in [4.78, 5) is 20.1. The second-order valence-electron chi connectivity index (χ2n) is 10.4. The van der Waals surface area contributed by atoms with Crippen LogP contribution in [0.15, 0.2) is 42.5 Å². The Bertz CT molecular complexity index is 1430. The molecule has 0 radical (unpaired) electrons. The average molecular weight is 472 g/mol. The van der Waals surface area contributed by atoms with Crippen molar-refractivity contribution in [3.8, 4) is 11.5 Å². The minimum atomic E-state index is -0.0394. The molecule has 2 aromatic heterocycles. The molecular weight excluding hydrogens is 438 g/mol. The zero-order chi connectivity index (χ0) is 24.3. The van der Waals surface area contributed by atoms with Crippen LogP contribution >= 0.6 is 0 Å². The Balaban J connectivity index is 1.43. The van der Waals surface area contributed by atoms with Gasteiger partial charge in [-0.25, -0.2) is 4.98 Å². The van der Waals surface area contributed by atoms with Crippen LogP contribution in [-0.2, 0) is 24.8 Å². The number of para-hydroxylation sites is 1. The lowest BCUT2D eigenvalue weighted by molar-refractivity contribution is -0.00386. The van der Waals surface area contributed by atoms with Gasteiger partial charge >= 0.3 is 0 Å². The number of methoxy groups -OCH3 is 1. The number of benzene rings is 2. The first kappa shape index (κ1) is 22.3. The Labute approximate surface area is 205 Å². The molecule has 0 saturated heterocycles. The lowest BCUT2D eigenvalue weighted by Gasteiger charge is -2.35. The van der Waals surface area contributed by atoms with E-state index in [1.54, 1.807) is 7.11 Å². The van der Waals surface area contributed by atoms with Gasteiger partial charge < -0.3 is 24.5 Å². The van der Waals surface area contributed by atoms with Crippen molar-refractivity contribution >= 4 is 27.8 Å². The molecule has 4 aromatic rings. The Morgan fingerprint density at radius 2 is 1.97 bits per heavy atom. The monoisotopic (exact) mass is 471 g/mol. The first-order chi connectivity index (χ1) is 16.9. The smallest absolute Gasteiger partial charge is 0.254 e. The summed E-state index contributed by atoms with van der Waals surface area (Å²) in [5.41, 5.74) is 12.1. The summed E-state index contributed by atoms with van der Waals surface area (Å²) < 4.78 is 10.1. The SMILES string of the molecule is COC1CC(Cn2c(-c3nc4cc5c(cc4n3C)CCN(C[C@@H](C)N)C5=O)cc3ccccc32)C1. The van der Waals surface area contributed by atoms with Gasteiger partial charge in [0.25, 0.3) is 5.91 Å². The molecule has 35 heavy (non-hydrogen) atoms. The highest BCUT2D eigenvalue weighted by Gasteiger charge is 2.31. The fourth-order valence-corrected chi connectivity index (χ4v) is 5.83. The van der Waals surface area contributed by atoms with Gasteiger partial charge in [0.15, 0.2) is 5.82 Å². The number of aromatic nitrogens is 3. The number of carbonyl (C=O) groups excluding carboxylic acids is 1. The van der Waals surface area contributed by atoms with Crippen molar-refractivity contribution < 1.29 is 9.53 Å². The Kier molecular flexibility index (Phi) is 5.42. The van der Waals surface area contributed by atoms with Gasteiger partial charge in [-0.3, -0.25) is 4.79 Å². The third-order valence-electron chi connectivity index (χ3n) is 7.79. The van der Waals surface area contributed by atoms with Crippen LogP contribution in [0.25, 0.3) is 33.5 Å². The van der Waals surface area contributed by atoms with E-state index < -0.39 is 0 Å². The van der Waals surface area contributed by atoms with E-state index in [0.29, 0.717) is 25.1 Å². The molecule has 2 aromatic carbocycles. The Hall–Kier alpha value is -3.16. The molecule has 1 aliphatic carbocycles. The quantitative estimate of drug-likeness (QED) is 0.462. The molecule has 7 heteroatoms. The molecule has 182 valence electrons. The van der Waals surface area contributed by atoms with Crippen LogP contribution < -0.4 is 5.73 Å². The van der Waals surface area contributed by atoms with Crippen molar-refractivity contribution in [2.45, 2.75) is 44.9 Å². The highest BCUT2D eigenvalue weighted by molar-refractivity contribution is 6.00. The minimum Gasteiger partial charge on any atom is -0.381 e. The number of nitrogens with zero attached hydrogens (tertiary/aromatic N) is 4. The van der Waals surface area contributed by atoms with Gasteiger partial charge in [0.1, 0.15) is 0 Å². The van der Waals surface area contributed by atoms with E-state index in [1.165, 1.54) is 10.9 Å². The maximum atomic E-state index is 13.2. The first-order valence-electron chi connectivity index (χ1n) is 12.6. The maximum absolute atomic E-state index is 13.2. The van der Waals surface area contributed by atoms with E-state index in [2.05, 4.69) is 52.6 Å². The number of fused-ring (bicyclic) bond motifs is 3. The highest BCUT2D eigenvalue weighted by atomic mass is 16.5. The Morgan fingerprint density at radius 3 is 2.74 bits per heavy atom. The van der Waals surface area contributed by atoms with Gasteiger partial charge in [0, 0.05) is 56.3 Å². The second kappa shape index (κ2) is 8.50. The number of nitrogens with two attached hydrogens (primary N) is 1. The third-order valence-corrected chi connectivity index (χ3v) is 7.79. The fraction of sp³-hybridized carbons (Fsp3) is 0.429. The molecule has 1 saturated carbocycles. The van der Waals surface area contributed by atoms with Gasteiger partial charge in [0.05, 0.1) is 22.8 Å². The van der Waals surface area contributed by atoms with E-state index in [0.717, 1.165) is 59.5 Å². The summed E-state index contributed by atoms with van der Waals surface area (Å²) in [5.74, 6) is 1.59. The molecule has 7 nitrogen and oxygen atoms in total. The molecule has 0 unspecified atom stereocenters. The predicted molar refractivity (Wildman–Crippen MR) is 138 cm³/mol. The molecule has 1 amide bonds. The van der Waals surface area contributed by atoms with Crippen LogP contribution in [0.5, 0.6) is 0 Å². The minimum absolute atomic E-state index is 0.0394. The lowest BCUT2D eigenvalue weighted by Crippen LogP contribution is -2.43. The van der Waals surface area contributed by atoms with Crippen LogP contribution in [0.2, 0.25) is 0 Å². The molecule has 1 fully saturated rings. The number of rotatable bonds is 6. The average Bonchev–Trinajstić information content (AvgIpc) is 3.34. The molecule has 2 N–H and O–H groups in total. The van der Waals surface area contributed by atoms with E-state index in [-0.39, 0.29) is 11.9 Å². The molecular formula is C28H33N5O2. The lowest BCUT2D eigenvalue weighted by atomic mass is 9.82. The topological polar surface area (TPSA) is 78.3 Å².